The SMILES string of the molecule is COC(=O)Cc1sc(NC(=O)c2ccc(F)cc2F)nc1C. The lowest BCUT2D eigenvalue weighted by Crippen LogP contribution is -2.13. The van der Waals surface area contributed by atoms with Crippen LogP contribution in [0.5, 0.6) is 0 Å². The van der Waals surface area contributed by atoms with Gasteiger partial charge in [-0.3, -0.25) is 14.9 Å². The summed E-state index contributed by atoms with van der Waals surface area (Å²) in [4.78, 5) is 27.9. The molecule has 0 unspecified atom stereocenters. The number of benzene rings is 1. The van der Waals surface area contributed by atoms with E-state index in [2.05, 4.69) is 15.0 Å². The maximum atomic E-state index is 13.5. The lowest BCUT2D eigenvalue weighted by atomic mass is 10.2. The number of thiazole rings is 1. The van der Waals surface area contributed by atoms with Crippen LogP contribution in [0, 0.1) is 18.6 Å². The summed E-state index contributed by atoms with van der Waals surface area (Å²) in [5.41, 5.74) is 0.286. The fraction of sp³-hybridized carbons (Fsp3) is 0.214. The molecule has 0 radical (unpaired) electrons. The predicted molar refractivity (Wildman–Crippen MR) is 76.9 cm³/mol. The molecule has 1 N–H and O–H groups in total. The minimum Gasteiger partial charge on any atom is -0.469 e. The highest BCUT2D eigenvalue weighted by atomic mass is 32.1. The van der Waals surface area contributed by atoms with E-state index in [-0.39, 0.29) is 17.1 Å². The Hall–Kier alpha value is -2.35. The van der Waals surface area contributed by atoms with Crippen LogP contribution in [0.15, 0.2) is 18.2 Å². The lowest BCUT2D eigenvalue weighted by Gasteiger charge is -2.02. The molecule has 0 fully saturated rings. The Bertz CT molecular complexity index is 731. The van der Waals surface area contributed by atoms with E-state index >= 15 is 0 Å². The number of halogens is 2. The molecule has 1 aromatic carbocycles. The third-order valence-electron chi connectivity index (χ3n) is 2.82. The topological polar surface area (TPSA) is 68.3 Å². The van der Waals surface area contributed by atoms with Crippen LogP contribution < -0.4 is 5.32 Å². The molecule has 1 amide bonds. The summed E-state index contributed by atoms with van der Waals surface area (Å²) >= 11 is 1.09. The Kier molecular flexibility index (Phi) is 4.81. The van der Waals surface area contributed by atoms with Crippen LogP contribution in [-0.2, 0) is 16.0 Å². The number of esters is 1. The smallest absolute Gasteiger partial charge is 0.310 e. The van der Waals surface area contributed by atoms with E-state index in [1.807, 2.05) is 0 Å². The van der Waals surface area contributed by atoms with Gasteiger partial charge in [0.05, 0.1) is 24.8 Å². The highest BCUT2D eigenvalue weighted by Gasteiger charge is 2.17. The lowest BCUT2D eigenvalue weighted by molar-refractivity contribution is -0.139. The normalized spacial score (nSPS) is 10.4. The van der Waals surface area contributed by atoms with Gasteiger partial charge in [-0.15, -0.1) is 11.3 Å². The maximum Gasteiger partial charge on any atom is 0.310 e. The first kappa shape index (κ1) is 16.0. The van der Waals surface area contributed by atoms with Gasteiger partial charge in [0.1, 0.15) is 11.6 Å². The third kappa shape index (κ3) is 3.64. The van der Waals surface area contributed by atoms with Crippen molar-refractivity contribution in [2.45, 2.75) is 13.3 Å². The fourth-order valence-corrected chi connectivity index (χ4v) is 2.63. The maximum absolute atomic E-state index is 13.5. The quantitative estimate of drug-likeness (QED) is 0.877. The number of nitrogens with zero attached hydrogens (tertiary/aromatic N) is 1. The van der Waals surface area contributed by atoms with Crippen LogP contribution in [0.2, 0.25) is 0 Å². The van der Waals surface area contributed by atoms with E-state index in [1.165, 1.54) is 7.11 Å². The van der Waals surface area contributed by atoms with E-state index in [4.69, 9.17) is 0 Å². The Balaban J connectivity index is 2.15. The zero-order valence-electron chi connectivity index (χ0n) is 11.8. The first-order valence-electron chi connectivity index (χ1n) is 6.20. The van der Waals surface area contributed by atoms with Crippen molar-refractivity contribution in [2.24, 2.45) is 0 Å². The van der Waals surface area contributed by atoms with Gasteiger partial charge < -0.3 is 4.74 Å². The number of rotatable bonds is 4. The molecular formula is C14H12F2N2O3S. The molecule has 22 heavy (non-hydrogen) atoms. The number of ether oxygens (including phenoxy) is 1. The van der Waals surface area contributed by atoms with Crippen LogP contribution in [-0.4, -0.2) is 24.0 Å². The summed E-state index contributed by atoms with van der Waals surface area (Å²) in [6.45, 7) is 1.68. The van der Waals surface area contributed by atoms with Crippen molar-refractivity contribution in [3.8, 4) is 0 Å². The molecule has 1 aromatic heterocycles. The largest absolute Gasteiger partial charge is 0.469 e. The van der Waals surface area contributed by atoms with E-state index in [0.717, 1.165) is 23.5 Å². The summed E-state index contributed by atoms with van der Waals surface area (Å²) in [6, 6.07) is 2.67. The molecule has 0 aliphatic heterocycles. The number of nitrogens with one attached hydrogen (secondary N) is 1. The molecule has 0 spiro atoms. The molecule has 0 aliphatic rings. The Labute approximate surface area is 128 Å². The van der Waals surface area contributed by atoms with Crippen LogP contribution in [0.1, 0.15) is 20.9 Å². The van der Waals surface area contributed by atoms with Crippen LogP contribution in [0.3, 0.4) is 0 Å². The number of aromatic nitrogens is 1. The molecule has 0 saturated carbocycles. The van der Waals surface area contributed by atoms with Gasteiger partial charge in [-0.25, -0.2) is 13.8 Å². The van der Waals surface area contributed by atoms with Gasteiger partial charge in [-0.2, -0.15) is 0 Å². The summed E-state index contributed by atoms with van der Waals surface area (Å²) < 4.78 is 30.9. The molecule has 8 heteroatoms. The van der Waals surface area contributed by atoms with Gasteiger partial charge in [0.25, 0.3) is 5.91 Å². The monoisotopic (exact) mass is 326 g/mol. The second-order valence-electron chi connectivity index (χ2n) is 4.36. The number of carbonyl (C=O) groups excluding carboxylic acids is 2. The molecule has 5 nitrogen and oxygen atoms in total. The van der Waals surface area contributed by atoms with E-state index in [9.17, 15) is 18.4 Å². The highest BCUT2D eigenvalue weighted by molar-refractivity contribution is 7.16. The summed E-state index contributed by atoms with van der Waals surface area (Å²) in [5, 5.41) is 2.65. The Morgan fingerprint density at radius 1 is 1.36 bits per heavy atom. The molecule has 0 aliphatic carbocycles. The number of carbonyl (C=O) groups is 2. The third-order valence-corrected chi connectivity index (χ3v) is 3.89. The zero-order chi connectivity index (χ0) is 16.3. The number of anilines is 1. The standard InChI is InChI=1S/C14H12F2N2O3S/c1-7-11(6-12(19)21-2)22-14(17-7)18-13(20)9-4-3-8(15)5-10(9)16/h3-5H,6H2,1-2H3,(H,17,18,20). The summed E-state index contributed by atoms with van der Waals surface area (Å²) in [5.74, 6) is -2.88. The fourth-order valence-electron chi connectivity index (χ4n) is 1.69. The molecule has 2 aromatic rings. The summed E-state index contributed by atoms with van der Waals surface area (Å²) in [6.07, 6.45) is 0.0424. The molecule has 2 rings (SSSR count). The minimum atomic E-state index is -0.958. The van der Waals surface area contributed by atoms with Gasteiger partial charge in [0.2, 0.25) is 0 Å². The van der Waals surface area contributed by atoms with Crippen LogP contribution in [0.4, 0.5) is 13.9 Å². The number of hydrogen-bond donors (Lipinski definition) is 1. The first-order valence-corrected chi connectivity index (χ1v) is 7.02. The van der Waals surface area contributed by atoms with Crippen molar-refractivity contribution in [3.63, 3.8) is 0 Å². The minimum absolute atomic E-state index is 0.0424. The van der Waals surface area contributed by atoms with Crippen molar-refractivity contribution in [3.05, 3.63) is 46.0 Å². The number of amides is 1. The second kappa shape index (κ2) is 6.61. The summed E-state index contributed by atoms with van der Waals surface area (Å²) in [7, 11) is 1.28. The number of hydrogen-bond acceptors (Lipinski definition) is 5. The van der Waals surface area contributed by atoms with Crippen molar-refractivity contribution in [2.75, 3.05) is 12.4 Å². The second-order valence-corrected chi connectivity index (χ2v) is 5.44. The van der Waals surface area contributed by atoms with Crippen LogP contribution in [0.25, 0.3) is 0 Å². The number of aryl methyl sites for hydroxylation is 1. The first-order chi connectivity index (χ1) is 10.4. The van der Waals surface area contributed by atoms with Gasteiger partial charge in [0, 0.05) is 10.9 Å². The van der Waals surface area contributed by atoms with Crippen molar-refractivity contribution < 1.29 is 23.1 Å². The highest BCUT2D eigenvalue weighted by Crippen LogP contribution is 2.24. The molecule has 1 heterocycles. The molecule has 0 atom stereocenters. The number of methoxy groups -OCH3 is 1. The van der Waals surface area contributed by atoms with Gasteiger partial charge >= 0.3 is 5.97 Å². The van der Waals surface area contributed by atoms with Crippen molar-refractivity contribution >= 4 is 28.3 Å². The van der Waals surface area contributed by atoms with Gasteiger partial charge in [0.15, 0.2) is 5.13 Å². The molecule has 116 valence electrons. The van der Waals surface area contributed by atoms with E-state index in [1.54, 1.807) is 6.92 Å². The molecule has 0 saturated heterocycles. The van der Waals surface area contributed by atoms with Crippen LogP contribution >= 0.6 is 11.3 Å². The molecule has 0 bridgehead atoms. The van der Waals surface area contributed by atoms with Gasteiger partial charge in [-0.05, 0) is 19.1 Å². The van der Waals surface area contributed by atoms with Crippen molar-refractivity contribution in [1.82, 2.24) is 4.98 Å². The van der Waals surface area contributed by atoms with Crippen molar-refractivity contribution in [1.29, 1.82) is 0 Å². The zero-order valence-corrected chi connectivity index (χ0v) is 12.6. The van der Waals surface area contributed by atoms with E-state index in [0.29, 0.717) is 16.6 Å². The average molecular weight is 326 g/mol. The van der Waals surface area contributed by atoms with E-state index < -0.39 is 23.5 Å². The average Bonchev–Trinajstić information content (AvgIpc) is 2.78. The Morgan fingerprint density at radius 2 is 2.09 bits per heavy atom. The predicted octanol–water partition coefficient (Wildman–Crippen LogP) is 2.70. The van der Waals surface area contributed by atoms with Gasteiger partial charge in [-0.1, -0.05) is 0 Å². The Morgan fingerprint density at radius 3 is 2.73 bits per heavy atom. The molecular weight excluding hydrogens is 314 g/mol.